The highest BCUT2D eigenvalue weighted by Crippen LogP contribution is 2.09. The van der Waals surface area contributed by atoms with E-state index in [1.165, 1.54) is 50.9 Å². The predicted molar refractivity (Wildman–Crippen MR) is 127 cm³/mol. The van der Waals surface area contributed by atoms with Crippen LogP contribution in [0.25, 0.3) is 0 Å². The van der Waals surface area contributed by atoms with E-state index in [1.54, 1.807) is 19.2 Å². The largest absolute Gasteiger partial charge is 0.356 e. The Hall–Kier alpha value is -1.42. The van der Waals surface area contributed by atoms with E-state index in [0.717, 1.165) is 31.0 Å². The number of nitrogens with zero attached hydrogens (tertiary/aromatic N) is 2. The second kappa shape index (κ2) is 15.4. The molecule has 1 saturated heterocycles. The molecule has 29 heavy (non-hydrogen) atoms. The van der Waals surface area contributed by atoms with Crippen molar-refractivity contribution in [2.24, 2.45) is 4.99 Å². The number of halogens is 2. The summed E-state index contributed by atoms with van der Waals surface area (Å²) in [6, 6.07) is 5.99. The number of carbonyl (C=O) groups is 1. The molecule has 0 spiro atoms. The van der Waals surface area contributed by atoms with Crippen molar-refractivity contribution in [1.82, 2.24) is 20.9 Å². The molecular formula is C21H35FIN5O. The van der Waals surface area contributed by atoms with Crippen molar-refractivity contribution in [3.8, 4) is 0 Å². The average molecular weight is 519 g/mol. The first-order valence-electron chi connectivity index (χ1n) is 10.4. The third kappa shape index (κ3) is 11.4. The van der Waals surface area contributed by atoms with Gasteiger partial charge in [-0.05, 0) is 56.6 Å². The molecule has 0 atom stereocenters. The highest BCUT2D eigenvalue weighted by Gasteiger charge is 2.08. The van der Waals surface area contributed by atoms with Gasteiger partial charge in [-0.2, -0.15) is 0 Å². The molecule has 0 aromatic heterocycles. The number of guanidine groups is 1. The minimum atomic E-state index is -0.293. The van der Waals surface area contributed by atoms with E-state index in [1.807, 2.05) is 0 Å². The van der Waals surface area contributed by atoms with E-state index in [4.69, 9.17) is 0 Å². The number of amides is 1. The Bertz CT molecular complexity index is 604. The van der Waals surface area contributed by atoms with Gasteiger partial charge in [0.1, 0.15) is 5.82 Å². The second-order valence-corrected chi connectivity index (χ2v) is 7.19. The number of likely N-dealkylation sites (tertiary alicyclic amines) is 1. The second-order valence-electron chi connectivity index (χ2n) is 7.19. The van der Waals surface area contributed by atoms with Crippen LogP contribution >= 0.6 is 24.0 Å². The highest BCUT2D eigenvalue weighted by molar-refractivity contribution is 14.0. The third-order valence-corrected chi connectivity index (χ3v) is 4.88. The summed E-state index contributed by atoms with van der Waals surface area (Å²) in [4.78, 5) is 18.7. The van der Waals surface area contributed by atoms with E-state index in [-0.39, 0.29) is 42.1 Å². The number of nitrogens with one attached hydrogen (secondary N) is 3. The van der Waals surface area contributed by atoms with Crippen LogP contribution in [0.4, 0.5) is 4.39 Å². The molecule has 8 heteroatoms. The molecular weight excluding hydrogens is 484 g/mol. The van der Waals surface area contributed by atoms with Gasteiger partial charge in [-0.15, -0.1) is 24.0 Å². The SMILES string of the molecule is CN=C(NCCCN1CCCCCC1)NCCNC(=O)Cc1ccc(F)cc1.I. The van der Waals surface area contributed by atoms with Gasteiger partial charge in [0.05, 0.1) is 6.42 Å². The van der Waals surface area contributed by atoms with Gasteiger partial charge in [0.15, 0.2) is 5.96 Å². The van der Waals surface area contributed by atoms with Crippen molar-refractivity contribution >= 4 is 35.8 Å². The van der Waals surface area contributed by atoms with Crippen molar-refractivity contribution in [2.75, 3.05) is 46.3 Å². The summed E-state index contributed by atoms with van der Waals surface area (Å²) in [5.74, 6) is 0.385. The molecule has 0 radical (unpaired) electrons. The number of carbonyl (C=O) groups excluding carboxylic acids is 1. The third-order valence-electron chi connectivity index (χ3n) is 4.88. The van der Waals surface area contributed by atoms with E-state index in [0.29, 0.717) is 13.1 Å². The van der Waals surface area contributed by atoms with Crippen LogP contribution in [0.1, 0.15) is 37.7 Å². The van der Waals surface area contributed by atoms with Gasteiger partial charge >= 0.3 is 0 Å². The van der Waals surface area contributed by atoms with E-state index in [9.17, 15) is 9.18 Å². The first-order chi connectivity index (χ1) is 13.7. The summed E-state index contributed by atoms with van der Waals surface area (Å²) in [7, 11) is 1.75. The van der Waals surface area contributed by atoms with Crippen molar-refractivity contribution in [1.29, 1.82) is 0 Å². The fourth-order valence-corrected chi connectivity index (χ4v) is 3.32. The lowest BCUT2D eigenvalue weighted by molar-refractivity contribution is -0.120. The molecule has 6 nitrogen and oxygen atoms in total. The van der Waals surface area contributed by atoms with E-state index < -0.39 is 0 Å². The smallest absolute Gasteiger partial charge is 0.224 e. The van der Waals surface area contributed by atoms with E-state index in [2.05, 4.69) is 25.8 Å². The standard InChI is InChI=1S/C21H34FN5O.HI/c1-23-21(25-11-6-16-27-14-4-2-3-5-15-27)26-13-12-24-20(28)17-18-7-9-19(22)10-8-18;/h7-10H,2-6,11-17H2,1H3,(H,24,28)(H2,23,25,26);1H. The molecule has 3 N–H and O–H groups in total. The zero-order chi connectivity index (χ0) is 20.0. The van der Waals surface area contributed by atoms with Crippen molar-refractivity contribution in [3.63, 3.8) is 0 Å². The van der Waals surface area contributed by atoms with Crippen molar-refractivity contribution in [2.45, 2.75) is 38.5 Å². The molecule has 1 heterocycles. The quantitative estimate of drug-likeness (QED) is 0.203. The number of hydrogen-bond donors (Lipinski definition) is 3. The van der Waals surface area contributed by atoms with Crippen LogP contribution < -0.4 is 16.0 Å². The Balaban J connectivity index is 0.00000420. The lowest BCUT2D eigenvalue weighted by Crippen LogP contribution is -2.42. The van der Waals surface area contributed by atoms with Crippen LogP contribution in [0.15, 0.2) is 29.3 Å². The van der Waals surface area contributed by atoms with Gasteiger partial charge in [0.2, 0.25) is 5.91 Å². The van der Waals surface area contributed by atoms with Gasteiger partial charge in [0.25, 0.3) is 0 Å². The molecule has 1 fully saturated rings. The van der Waals surface area contributed by atoms with Gasteiger partial charge in [-0.25, -0.2) is 4.39 Å². The number of rotatable bonds is 9. The minimum Gasteiger partial charge on any atom is -0.356 e. The maximum absolute atomic E-state index is 12.9. The van der Waals surface area contributed by atoms with Crippen LogP contribution in [0.2, 0.25) is 0 Å². The van der Waals surface area contributed by atoms with Crippen LogP contribution in [-0.4, -0.2) is 63.1 Å². The molecule has 0 saturated carbocycles. The Labute approximate surface area is 191 Å². The molecule has 0 bridgehead atoms. The summed E-state index contributed by atoms with van der Waals surface area (Å²) < 4.78 is 12.9. The maximum Gasteiger partial charge on any atom is 0.224 e. The van der Waals surface area contributed by atoms with Gasteiger partial charge < -0.3 is 20.9 Å². The molecule has 164 valence electrons. The molecule has 1 aliphatic heterocycles. The summed E-state index contributed by atoms with van der Waals surface area (Å²) >= 11 is 0. The maximum atomic E-state index is 12.9. The normalized spacial score (nSPS) is 15.2. The summed E-state index contributed by atoms with van der Waals surface area (Å²) in [6.07, 6.45) is 6.73. The topological polar surface area (TPSA) is 68.8 Å². The minimum absolute atomic E-state index is 0. The van der Waals surface area contributed by atoms with Gasteiger partial charge in [0, 0.05) is 26.7 Å². The summed E-state index contributed by atoms with van der Waals surface area (Å²) in [6.45, 7) is 5.57. The summed E-state index contributed by atoms with van der Waals surface area (Å²) in [5, 5.41) is 9.38. The van der Waals surface area contributed by atoms with Gasteiger partial charge in [-0.1, -0.05) is 25.0 Å². The number of hydrogen-bond acceptors (Lipinski definition) is 3. The van der Waals surface area contributed by atoms with E-state index >= 15 is 0 Å². The molecule has 1 aromatic carbocycles. The Morgan fingerprint density at radius 2 is 1.62 bits per heavy atom. The van der Waals surface area contributed by atoms with Crippen LogP contribution in [0, 0.1) is 5.82 Å². The molecule has 0 unspecified atom stereocenters. The molecule has 1 aromatic rings. The molecule has 0 aliphatic carbocycles. The Morgan fingerprint density at radius 1 is 1.00 bits per heavy atom. The summed E-state index contributed by atoms with van der Waals surface area (Å²) in [5.41, 5.74) is 0.800. The fraction of sp³-hybridized carbons (Fsp3) is 0.619. The average Bonchev–Trinajstić information content (AvgIpc) is 2.97. The van der Waals surface area contributed by atoms with Crippen LogP contribution in [0.3, 0.4) is 0 Å². The number of benzene rings is 1. The van der Waals surface area contributed by atoms with Crippen LogP contribution in [-0.2, 0) is 11.2 Å². The Kier molecular flexibility index (Phi) is 13.6. The van der Waals surface area contributed by atoms with Crippen molar-refractivity contribution in [3.05, 3.63) is 35.6 Å². The Morgan fingerprint density at radius 3 is 2.28 bits per heavy atom. The lowest BCUT2D eigenvalue weighted by atomic mass is 10.1. The van der Waals surface area contributed by atoms with Crippen LogP contribution in [0.5, 0.6) is 0 Å². The molecule has 1 aliphatic rings. The first-order valence-corrected chi connectivity index (χ1v) is 10.4. The molecule has 2 rings (SSSR count). The van der Waals surface area contributed by atoms with Gasteiger partial charge in [-0.3, -0.25) is 9.79 Å². The van der Waals surface area contributed by atoms with Crippen molar-refractivity contribution < 1.29 is 9.18 Å². The zero-order valence-electron chi connectivity index (χ0n) is 17.4. The fourth-order valence-electron chi connectivity index (χ4n) is 3.32. The monoisotopic (exact) mass is 519 g/mol. The predicted octanol–water partition coefficient (Wildman–Crippen LogP) is 2.53. The number of aliphatic imine (C=N–C) groups is 1. The lowest BCUT2D eigenvalue weighted by Gasteiger charge is -2.20. The highest BCUT2D eigenvalue weighted by atomic mass is 127. The molecule has 1 amide bonds. The first kappa shape index (κ1) is 25.6. The zero-order valence-corrected chi connectivity index (χ0v) is 19.7.